The van der Waals surface area contributed by atoms with Crippen LogP contribution in [0.3, 0.4) is 0 Å². The Hall–Kier alpha value is -3.45. The van der Waals surface area contributed by atoms with Crippen LogP contribution in [0.15, 0.2) is 36.7 Å². The largest absolute Gasteiger partial charge is 0.573 e. The average molecular weight is 495 g/mol. The van der Waals surface area contributed by atoms with Crippen LogP contribution < -0.4 is 15.0 Å². The van der Waals surface area contributed by atoms with Gasteiger partial charge in [0.15, 0.2) is 17.2 Å². The number of hydrogen-bond donors (Lipinski definition) is 1. The minimum Gasteiger partial charge on any atom is -0.403 e. The second kappa shape index (κ2) is 8.96. The van der Waals surface area contributed by atoms with Crippen LogP contribution in [0.2, 0.25) is 0 Å². The third kappa shape index (κ3) is 4.86. The van der Waals surface area contributed by atoms with E-state index in [4.69, 9.17) is 9.47 Å². The van der Waals surface area contributed by atoms with Gasteiger partial charge < -0.3 is 24.4 Å². The Bertz CT molecular complexity index is 1230. The first-order chi connectivity index (χ1) is 16.7. The summed E-state index contributed by atoms with van der Waals surface area (Å²) in [6.07, 6.45) is -0.561. The Morgan fingerprint density at radius 3 is 2.69 bits per heavy atom. The van der Waals surface area contributed by atoms with Crippen molar-refractivity contribution in [3.63, 3.8) is 0 Å². The summed E-state index contributed by atoms with van der Waals surface area (Å²) in [5, 5.41) is 6.89. The van der Waals surface area contributed by atoms with Crippen molar-refractivity contribution in [3.8, 4) is 5.75 Å². The highest BCUT2D eigenvalue weighted by molar-refractivity contribution is 6.00. The number of halogens is 4. The Kier molecular flexibility index (Phi) is 5.97. The maximum absolute atomic E-state index is 14.2. The molecule has 0 saturated carbocycles. The zero-order valence-electron chi connectivity index (χ0n) is 18.5. The minimum absolute atomic E-state index is 0.0564. The van der Waals surface area contributed by atoms with Crippen molar-refractivity contribution in [2.75, 3.05) is 31.7 Å². The zero-order valence-corrected chi connectivity index (χ0v) is 18.5. The fourth-order valence-electron chi connectivity index (χ4n) is 4.30. The lowest BCUT2D eigenvalue weighted by Crippen LogP contribution is -2.57. The molecule has 3 saturated heterocycles. The van der Waals surface area contributed by atoms with E-state index in [0.717, 1.165) is 18.6 Å². The van der Waals surface area contributed by atoms with Crippen LogP contribution in [0.25, 0.3) is 5.65 Å². The topological polar surface area (TPSA) is 90.2 Å². The van der Waals surface area contributed by atoms with Gasteiger partial charge in [-0.3, -0.25) is 4.79 Å². The van der Waals surface area contributed by atoms with Gasteiger partial charge in [0.05, 0.1) is 31.1 Å². The third-order valence-electron chi connectivity index (χ3n) is 5.90. The highest BCUT2D eigenvalue weighted by Crippen LogP contribution is 2.31. The monoisotopic (exact) mass is 495 g/mol. The average Bonchev–Trinajstić information content (AvgIpc) is 3.22. The highest BCUT2D eigenvalue weighted by atomic mass is 19.4. The van der Waals surface area contributed by atoms with Crippen LogP contribution in [0.4, 0.5) is 23.4 Å². The molecule has 3 aromatic rings. The molecule has 1 aromatic carbocycles. The summed E-state index contributed by atoms with van der Waals surface area (Å²) in [7, 11) is 1.38. The standard InChI is InChI=1S/C22H21F4N5O4/c1-33-11-17(12-2-3-18(16(23)6-12)35-22(24,25)26)28-21(32)15-8-27-31-5-4-19(29-20(15)31)30-9-13-7-14(10-30)34-13/h2-6,8,13-14,17H,7,9-11H2,1H3,(H,28,32)/t13-,14+,17?. The van der Waals surface area contributed by atoms with Crippen LogP contribution in [0.1, 0.15) is 28.4 Å². The van der Waals surface area contributed by atoms with Gasteiger partial charge in [0, 0.05) is 32.8 Å². The van der Waals surface area contributed by atoms with Gasteiger partial charge in [0.2, 0.25) is 0 Å². The summed E-state index contributed by atoms with van der Waals surface area (Å²) in [4.78, 5) is 19.8. The summed E-state index contributed by atoms with van der Waals surface area (Å²) in [6.45, 7) is 1.37. The van der Waals surface area contributed by atoms with E-state index in [1.807, 2.05) is 6.07 Å². The van der Waals surface area contributed by atoms with Gasteiger partial charge in [-0.25, -0.2) is 13.9 Å². The molecule has 5 heterocycles. The Morgan fingerprint density at radius 2 is 2.03 bits per heavy atom. The lowest BCUT2D eigenvalue weighted by Gasteiger charge is -2.47. The molecule has 3 fully saturated rings. The van der Waals surface area contributed by atoms with Crippen molar-refractivity contribution >= 4 is 17.4 Å². The van der Waals surface area contributed by atoms with Crippen molar-refractivity contribution < 1.29 is 36.6 Å². The van der Waals surface area contributed by atoms with Crippen LogP contribution in [-0.2, 0) is 9.47 Å². The number of anilines is 1. The molecule has 2 aromatic heterocycles. The molecule has 6 rings (SSSR count). The molecule has 3 aliphatic rings. The molecule has 0 radical (unpaired) electrons. The third-order valence-corrected chi connectivity index (χ3v) is 5.90. The lowest BCUT2D eigenvalue weighted by molar-refractivity contribution is -0.275. The first-order valence-corrected chi connectivity index (χ1v) is 10.8. The number of alkyl halides is 3. The van der Waals surface area contributed by atoms with Crippen LogP contribution in [0, 0.1) is 5.82 Å². The highest BCUT2D eigenvalue weighted by Gasteiger charge is 2.39. The van der Waals surface area contributed by atoms with E-state index < -0.39 is 29.9 Å². The molecule has 1 N–H and O–H groups in total. The number of ether oxygens (including phenoxy) is 3. The molecule has 186 valence electrons. The molecule has 1 amide bonds. The number of benzene rings is 1. The number of nitrogens with zero attached hydrogens (tertiary/aromatic N) is 4. The van der Waals surface area contributed by atoms with E-state index in [1.165, 1.54) is 23.9 Å². The number of carbonyl (C=O) groups excluding carboxylic acids is 1. The number of aromatic nitrogens is 3. The molecular weight excluding hydrogens is 474 g/mol. The van der Waals surface area contributed by atoms with E-state index in [-0.39, 0.29) is 29.9 Å². The first kappa shape index (κ1) is 23.3. The molecule has 0 aliphatic carbocycles. The van der Waals surface area contributed by atoms with Crippen molar-refractivity contribution in [2.24, 2.45) is 0 Å². The second-order valence-corrected chi connectivity index (χ2v) is 8.35. The molecule has 9 nitrogen and oxygen atoms in total. The van der Waals surface area contributed by atoms with Gasteiger partial charge in [-0.15, -0.1) is 13.2 Å². The molecule has 0 spiro atoms. The van der Waals surface area contributed by atoms with E-state index in [2.05, 4.69) is 25.0 Å². The van der Waals surface area contributed by atoms with Gasteiger partial charge in [0.25, 0.3) is 5.91 Å². The predicted octanol–water partition coefficient (Wildman–Crippen LogP) is 2.86. The van der Waals surface area contributed by atoms with Gasteiger partial charge in [0.1, 0.15) is 11.4 Å². The van der Waals surface area contributed by atoms with Crippen LogP contribution in [0.5, 0.6) is 5.75 Å². The van der Waals surface area contributed by atoms with Crippen LogP contribution in [-0.4, -0.2) is 65.9 Å². The number of methoxy groups -OCH3 is 1. The number of rotatable bonds is 7. The van der Waals surface area contributed by atoms with Gasteiger partial charge in [-0.1, -0.05) is 6.07 Å². The molecular formula is C22H21F4N5O4. The fraction of sp³-hybridized carbons (Fsp3) is 0.409. The number of piperidine rings is 1. The van der Waals surface area contributed by atoms with E-state index >= 15 is 0 Å². The summed E-state index contributed by atoms with van der Waals surface area (Å²) in [6, 6.07) is 3.90. The number of fused-ring (bicyclic) bond motifs is 3. The first-order valence-electron chi connectivity index (χ1n) is 10.8. The lowest BCUT2D eigenvalue weighted by atomic mass is 9.99. The minimum atomic E-state index is -5.03. The van der Waals surface area contributed by atoms with E-state index in [0.29, 0.717) is 24.6 Å². The molecule has 3 atom stereocenters. The van der Waals surface area contributed by atoms with Gasteiger partial charge in [-0.2, -0.15) is 5.10 Å². The molecule has 3 aliphatic heterocycles. The number of nitrogens with one attached hydrogen (secondary N) is 1. The van der Waals surface area contributed by atoms with Crippen molar-refractivity contribution in [1.82, 2.24) is 19.9 Å². The van der Waals surface area contributed by atoms with Crippen LogP contribution >= 0.6 is 0 Å². The summed E-state index contributed by atoms with van der Waals surface area (Å²) >= 11 is 0. The quantitative estimate of drug-likeness (QED) is 0.504. The Morgan fingerprint density at radius 1 is 1.29 bits per heavy atom. The maximum atomic E-state index is 14.2. The molecule has 35 heavy (non-hydrogen) atoms. The molecule has 2 bridgehead atoms. The summed E-state index contributed by atoms with van der Waals surface area (Å²) < 4.78 is 67.5. The number of morpholine rings is 1. The van der Waals surface area contributed by atoms with E-state index in [1.54, 1.807) is 6.20 Å². The molecule has 1 unspecified atom stereocenters. The van der Waals surface area contributed by atoms with Gasteiger partial charge in [-0.05, 0) is 23.8 Å². The summed E-state index contributed by atoms with van der Waals surface area (Å²) in [5.41, 5.74) is 0.713. The van der Waals surface area contributed by atoms with Crippen molar-refractivity contribution in [2.45, 2.75) is 31.0 Å². The summed E-state index contributed by atoms with van der Waals surface area (Å²) in [5.74, 6) is -2.04. The number of hydrogen-bond acceptors (Lipinski definition) is 7. The Balaban J connectivity index is 1.36. The number of carbonyl (C=O) groups is 1. The normalized spacial score (nSPS) is 20.4. The van der Waals surface area contributed by atoms with Crippen molar-refractivity contribution in [1.29, 1.82) is 0 Å². The Labute approximate surface area is 196 Å². The van der Waals surface area contributed by atoms with Gasteiger partial charge >= 0.3 is 6.36 Å². The smallest absolute Gasteiger partial charge is 0.403 e. The predicted molar refractivity (Wildman–Crippen MR) is 114 cm³/mol. The second-order valence-electron chi connectivity index (χ2n) is 8.35. The number of amides is 1. The van der Waals surface area contributed by atoms with Crippen molar-refractivity contribution in [3.05, 3.63) is 53.6 Å². The maximum Gasteiger partial charge on any atom is 0.573 e. The SMILES string of the molecule is COCC(NC(=O)c1cnn2ccc(N3C[C@H]4C[C@@H](C3)O4)nc12)c1ccc(OC(F)(F)F)c(F)c1. The zero-order chi connectivity index (χ0) is 24.7. The fourth-order valence-corrected chi connectivity index (χ4v) is 4.30. The van der Waals surface area contributed by atoms with E-state index in [9.17, 15) is 22.4 Å². The molecule has 13 heteroatoms.